The summed E-state index contributed by atoms with van der Waals surface area (Å²) in [6.45, 7) is 6.19. The Morgan fingerprint density at radius 2 is 1.90 bits per heavy atom. The summed E-state index contributed by atoms with van der Waals surface area (Å²) < 4.78 is 0. The first-order valence-corrected chi connectivity index (χ1v) is 8.64. The molecular weight excluding hydrogens is 258 g/mol. The summed E-state index contributed by atoms with van der Waals surface area (Å²) in [6.07, 6.45) is 7.93. The Balaban J connectivity index is 1.68. The highest BCUT2D eigenvalue weighted by atomic mass is 16.3. The monoisotopic (exact) mass is 287 g/mol. The Morgan fingerprint density at radius 1 is 1.14 bits per heavy atom. The fourth-order valence-corrected chi connectivity index (χ4v) is 4.39. The molecule has 1 saturated carbocycles. The first kappa shape index (κ1) is 15.1. The summed E-state index contributed by atoms with van der Waals surface area (Å²) in [5.74, 6) is 0.887. The average Bonchev–Trinajstić information content (AvgIpc) is 3.11. The fourth-order valence-electron chi connectivity index (χ4n) is 4.39. The molecule has 0 bridgehead atoms. The van der Waals surface area contributed by atoms with Crippen LogP contribution in [0.2, 0.25) is 0 Å². The van der Waals surface area contributed by atoms with Crippen LogP contribution in [0, 0.1) is 19.8 Å². The van der Waals surface area contributed by atoms with Crippen LogP contribution in [0.1, 0.15) is 61.3 Å². The molecular formula is C19H29NO. The van der Waals surface area contributed by atoms with Crippen LogP contribution in [0.4, 0.5) is 0 Å². The minimum atomic E-state index is -0.341. The Bertz CT molecular complexity index is 478. The predicted molar refractivity (Wildman–Crippen MR) is 87.4 cm³/mol. The first-order chi connectivity index (χ1) is 10.1. The smallest absolute Gasteiger partial charge is 0.0919 e. The molecule has 2 fully saturated rings. The van der Waals surface area contributed by atoms with E-state index in [2.05, 4.69) is 36.9 Å². The van der Waals surface area contributed by atoms with Crippen LogP contribution in [0.15, 0.2) is 18.2 Å². The quantitative estimate of drug-likeness (QED) is 0.905. The lowest BCUT2D eigenvalue weighted by molar-refractivity contribution is 0.0890. The second-order valence-corrected chi connectivity index (χ2v) is 7.12. The van der Waals surface area contributed by atoms with E-state index in [-0.39, 0.29) is 6.10 Å². The van der Waals surface area contributed by atoms with Gasteiger partial charge in [0.15, 0.2) is 0 Å². The maximum absolute atomic E-state index is 10.7. The van der Waals surface area contributed by atoms with E-state index in [0.29, 0.717) is 0 Å². The fraction of sp³-hybridized carbons (Fsp3) is 0.684. The lowest BCUT2D eigenvalue weighted by Gasteiger charge is -2.31. The van der Waals surface area contributed by atoms with Crippen molar-refractivity contribution >= 4 is 0 Å². The summed E-state index contributed by atoms with van der Waals surface area (Å²) in [4.78, 5) is 2.57. The molecule has 2 atom stereocenters. The summed E-state index contributed by atoms with van der Waals surface area (Å²) in [5.41, 5.74) is 3.57. The van der Waals surface area contributed by atoms with Crippen LogP contribution >= 0.6 is 0 Å². The van der Waals surface area contributed by atoms with Crippen LogP contribution in [0.5, 0.6) is 0 Å². The number of benzene rings is 1. The Kier molecular flexibility index (Phi) is 4.66. The van der Waals surface area contributed by atoms with Crippen molar-refractivity contribution in [3.63, 3.8) is 0 Å². The molecule has 2 aliphatic rings. The maximum Gasteiger partial charge on any atom is 0.0919 e. The number of hydrogen-bond donors (Lipinski definition) is 1. The normalized spacial score (nSPS) is 25.6. The van der Waals surface area contributed by atoms with Crippen LogP contribution in [-0.2, 0) is 0 Å². The van der Waals surface area contributed by atoms with Crippen LogP contribution in [0.25, 0.3) is 0 Å². The van der Waals surface area contributed by atoms with Gasteiger partial charge in [0.2, 0.25) is 0 Å². The Labute approximate surface area is 129 Å². The highest BCUT2D eigenvalue weighted by Crippen LogP contribution is 2.36. The van der Waals surface area contributed by atoms with E-state index < -0.39 is 0 Å². The van der Waals surface area contributed by atoms with E-state index in [0.717, 1.165) is 24.1 Å². The van der Waals surface area contributed by atoms with Gasteiger partial charge in [0.25, 0.3) is 0 Å². The van der Waals surface area contributed by atoms with E-state index >= 15 is 0 Å². The molecule has 2 heteroatoms. The third-order valence-electron chi connectivity index (χ3n) is 5.56. The van der Waals surface area contributed by atoms with Gasteiger partial charge in [0.1, 0.15) is 0 Å². The molecule has 21 heavy (non-hydrogen) atoms. The van der Waals surface area contributed by atoms with Gasteiger partial charge in [-0.05, 0) is 63.1 Å². The zero-order valence-electron chi connectivity index (χ0n) is 13.5. The predicted octanol–water partition coefficient (Wildman–Crippen LogP) is 3.99. The number of rotatable bonds is 4. The molecule has 0 spiro atoms. The number of aryl methyl sites for hydroxylation is 2. The van der Waals surface area contributed by atoms with Crippen LogP contribution in [0.3, 0.4) is 0 Å². The van der Waals surface area contributed by atoms with Gasteiger partial charge in [-0.2, -0.15) is 0 Å². The molecule has 116 valence electrons. The van der Waals surface area contributed by atoms with E-state index in [1.54, 1.807) is 0 Å². The minimum absolute atomic E-state index is 0.341. The summed E-state index contributed by atoms with van der Waals surface area (Å²) in [5, 5.41) is 10.7. The molecule has 0 radical (unpaired) electrons. The lowest BCUT2D eigenvalue weighted by Crippen LogP contribution is -2.37. The molecule has 2 unspecified atom stereocenters. The maximum atomic E-state index is 10.7. The molecule has 3 rings (SSSR count). The molecule has 2 nitrogen and oxygen atoms in total. The van der Waals surface area contributed by atoms with Crippen LogP contribution in [-0.4, -0.2) is 29.1 Å². The second-order valence-electron chi connectivity index (χ2n) is 7.12. The molecule has 1 aromatic carbocycles. The molecule has 1 aliphatic carbocycles. The zero-order chi connectivity index (χ0) is 14.8. The highest BCUT2D eigenvalue weighted by molar-refractivity contribution is 5.32. The first-order valence-electron chi connectivity index (χ1n) is 8.64. The molecule has 1 saturated heterocycles. The van der Waals surface area contributed by atoms with Gasteiger partial charge in [-0.25, -0.2) is 0 Å². The highest BCUT2D eigenvalue weighted by Gasteiger charge is 2.34. The van der Waals surface area contributed by atoms with Gasteiger partial charge in [-0.1, -0.05) is 36.6 Å². The average molecular weight is 287 g/mol. The number of nitrogens with zero attached hydrogens (tertiary/aromatic N) is 1. The van der Waals surface area contributed by atoms with Crippen molar-refractivity contribution in [1.29, 1.82) is 0 Å². The van der Waals surface area contributed by atoms with Crippen molar-refractivity contribution in [2.24, 2.45) is 5.92 Å². The van der Waals surface area contributed by atoms with Crippen molar-refractivity contribution in [2.45, 2.75) is 64.5 Å². The third-order valence-corrected chi connectivity index (χ3v) is 5.56. The lowest BCUT2D eigenvalue weighted by atomic mass is 9.95. The SMILES string of the molecule is Cc1ccc(C)c(C(O)CN2CCCC2C2CCCC2)c1. The van der Waals surface area contributed by atoms with Gasteiger partial charge in [0, 0.05) is 12.6 Å². The van der Waals surface area contributed by atoms with E-state index in [1.807, 2.05) is 0 Å². The van der Waals surface area contributed by atoms with Crippen molar-refractivity contribution in [3.05, 3.63) is 34.9 Å². The standard InChI is InChI=1S/C19H29NO/c1-14-9-10-15(2)17(12-14)19(21)13-20-11-5-8-18(20)16-6-3-4-7-16/h9-10,12,16,18-19,21H,3-8,11,13H2,1-2H3. The van der Waals surface area contributed by atoms with E-state index in [9.17, 15) is 5.11 Å². The molecule has 0 aromatic heterocycles. The third kappa shape index (κ3) is 3.32. The number of aliphatic hydroxyl groups is 1. The van der Waals surface area contributed by atoms with Crippen molar-refractivity contribution in [3.8, 4) is 0 Å². The van der Waals surface area contributed by atoms with Gasteiger partial charge in [-0.3, -0.25) is 4.90 Å². The van der Waals surface area contributed by atoms with E-state index in [4.69, 9.17) is 0 Å². The number of aliphatic hydroxyl groups excluding tert-OH is 1. The molecule has 1 N–H and O–H groups in total. The molecule has 1 aromatic rings. The van der Waals surface area contributed by atoms with Crippen molar-refractivity contribution < 1.29 is 5.11 Å². The van der Waals surface area contributed by atoms with Crippen LogP contribution < -0.4 is 0 Å². The zero-order valence-corrected chi connectivity index (χ0v) is 13.5. The van der Waals surface area contributed by atoms with Gasteiger partial charge >= 0.3 is 0 Å². The minimum Gasteiger partial charge on any atom is -0.387 e. The van der Waals surface area contributed by atoms with E-state index in [1.165, 1.54) is 56.2 Å². The Hall–Kier alpha value is -0.860. The summed E-state index contributed by atoms with van der Waals surface area (Å²) >= 11 is 0. The number of β-amino-alcohol motifs (C(OH)–C–C–N with tert-alkyl or cyclic N) is 1. The van der Waals surface area contributed by atoms with Crippen molar-refractivity contribution in [1.82, 2.24) is 4.90 Å². The molecule has 0 amide bonds. The van der Waals surface area contributed by atoms with Gasteiger partial charge in [-0.15, -0.1) is 0 Å². The van der Waals surface area contributed by atoms with Gasteiger partial charge in [0.05, 0.1) is 6.10 Å². The molecule has 1 heterocycles. The largest absolute Gasteiger partial charge is 0.387 e. The summed E-state index contributed by atoms with van der Waals surface area (Å²) in [6, 6.07) is 7.14. The van der Waals surface area contributed by atoms with Gasteiger partial charge < -0.3 is 5.11 Å². The molecule has 1 aliphatic heterocycles. The Morgan fingerprint density at radius 3 is 2.67 bits per heavy atom. The summed E-state index contributed by atoms with van der Waals surface area (Å²) in [7, 11) is 0. The topological polar surface area (TPSA) is 23.5 Å². The number of likely N-dealkylation sites (tertiary alicyclic amines) is 1. The second kappa shape index (κ2) is 6.50. The van der Waals surface area contributed by atoms with Crippen molar-refractivity contribution in [2.75, 3.05) is 13.1 Å². The number of hydrogen-bond acceptors (Lipinski definition) is 2.